The van der Waals surface area contributed by atoms with Gasteiger partial charge in [0, 0.05) is 5.56 Å². The maximum atomic E-state index is 8.45. The highest BCUT2D eigenvalue weighted by molar-refractivity contribution is 5.84. The lowest BCUT2D eigenvalue weighted by Crippen LogP contribution is -1.99. The Morgan fingerprint density at radius 1 is 1.50 bits per heavy atom. The number of methoxy groups -OCH3 is 1. The zero-order valence-corrected chi connectivity index (χ0v) is 8.23. The van der Waals surface area contributed by atoms with Gasteiger partial charge in [0.15, 0.2) is 11.5 Å². The number of hydrogen-bond donors (Lipinski definition) is 1. The van der Waals surface area contributed by atoms with E-state index in [-0.39, 0.29) is 0 Å². The van der Waals surface area contributed by atoms with Gasteiger partial charge in [0.25, 0.3) is 0 Å². The summed E-state index contributed by atoms with van der Waals surface area (Å²) in [5, 5.41) is 11.4. The first-order valence-corrected chi connectivity index (χ1v) is 4.30. The van der Waals surface area contributed by atoms with Gasteiger partial charge in [-0.05, 0) is 19.1 Å². The van der Waals surface area contributed by atoms with Gasteiger partial charge >= 0.3 is 0 Å². The van der Waals surface area contributed by atoms with Crippen LogP contribution in [-0.4, -0.2) is 25.1 Å². The first-order chi connectivity index (χ1) is 6.83. The molecule has 1 rings (SSSR count). The molecule has 0 aliphatic rings. The predicted octanol–water partition coefficient (Wildman–Crippen LogP) is 1.90. The Kier molecular flexibility index (Phi) is 3.79. The molecule has 0 bridgehead atoms. The molecule has 0 aliphatic carbocycles. The Morgan fingerprint density at radius 2 is 2.29 bits per heavy atom. The smallest absolute Gasteiger partial charge is 0.169 e. The van der Waals surface area contributed by atoms with Crippen molar-refractivity contribution in [2.24, 2.45) is 5.16 Å². The molecule has 0 spiro atoms. The van der Waals surface area contributed by atoms with E-state index >= 15 is 0 Å². The minimum Gasteiger partial charge on any atom is -0.493 e. The molecule has 0 saturated carbocycles. The summed E-state index contributed by atoms with van der Waals surface area (Å²) in [6.07, 6.45) is 1.31. The van der Waals surface area contributed by atoms with Gasteiger partial charge in [-0.15, -0.1) is 0 Å². The Balaban J connectivity index is 3.13. The first kappa shape index (κ1) is 10.4. The molecule has 0 aliphatic heterocycles. The third kappa shape index (κ3) is 2.16. The summed E-state index contributed by atoms with van der Waals surface area (Å²) in [7, 11) is 1.57. The van der Waals surface area contributed by atoms with Crippen LogP contribution in [-0.2, 0) is 0 Å². The Hall–Kier alpha value is -1.71. The topological polar surface area (TPSA) is 51.0 Å². The van der Waals surface area contributed by atoms with Crippen molar-refractivity contribution in [3.05, 3.63) is 23.8 Å². The lowest BCUT2D eigenvalue weighted by atomic mass is 10.2. The standard InChI is InChI=1S/C10H13NO3/c1-3-14-10-8(7-11-12)5-4-6-9(10)13-2/h4-7,12H,3H2,1-2H3/b11-7-. The second-order valence-corrected chi connectivity index (χ2v) is 2.56. The quantitative estimate of drug-likeness (QED) is 0.453. The SMILES string of the molecule is CCOc1c(/C=N\O)cccc1OC. The second-order valence-electron chi connectivity index (χ2n) is 2.56. The Morgan fingerprint density at radius 3 is 2.86 bits per heavy atom. The van der Waals surface area contributed by atoms with E-state index in [9.17, 15) is 0 Å². The van der Waals surface area contributed by atoms with Gasteiger partial charge in [-0.2, -0.15) is 0 Å². The van der Waals surface area contributed by atoms with E-state index < -0.39 is 0 Å². The van der Waals surface area contributed by atoms with E-state index in [4.69, 9.17) is 14.7 Å². The molecule has 1 aromatic rings. The first-order valence-electron chi connectivity index (χ1n) is 4.30. The second kappa shape index (κ2) is 5.11. The average molecular weight is 195 g/mol. The van der Waals surface area contributed by atoms with Crippen LogP contribution in [0.25, 0.3) is 0 Å². The van der Waals surface area contributed by atoms with E-state index in [1.165, 1.54) is 6.21 Å². The van der Waals surface area contributed by atoms with Crippen LogP contribution in [0.3, 0.4) is 0 Å². The maximum absolute atomic E-state index is 8.45. The van der Waals surface area contributed by atoms with Crippen molar-refractivity contribution in [2.75, 3.05) is 13.7 Å². The molecule has 4 nitrogen and oxygen atoms in total. The van der Waals surface area contributed by atoms with Gasteiger partial charge in [0.2, 0.25) is 0 Å². The zero-order chi connectivity index (χ0) is 10.4. The monoisotopic (exact) mass is 195 g/mol. The van der Waals surface area contributed by atoms with E-state index in [0.29, 0.717) is 23.7 Å². The van der Waals surface area contributed by atoms with Crippen LogP contribution < -0.4 is 9.47 Å². The summed E-state index contributed by atoms with van der Waals surface area (Å²) >= 11 is 0. The van der Waals surface area contributed by atoms with Crippen LogP contribution in [0.15, 0.2) is 23.4 Å². The van der Waals surface area contributed by atoms with Crippen LogP contribution in [0.5, 0.6) is 11.5 Å². The highest BCUT2D eigenvalue weighted by Crippen LogP contribution is 2.29. The molecule has 14 heavy (non-hydrogen) atoms. The van der Waals surface area contributed by atoms with Crippen molar-refractivity contribution >= 4 is 6.21 Å². The van der Waals surface area contributed by atoms with E-state index in [0.717, 1.165) is 0 Å². The van der Waals surface area contributed by atoms with Crippen LogP contribution in [0.1, 0.15) is 12.5 Å². The number of ether oxygens (including phenoxy) is 2. The van der Waals surface area contributed by atoms with Crippen LogP contribution >= 0.6 is 0 Å². The zero-order valence-electron chi connectivity index (χ0n) is 8.23. The predicted molar refractivity (Wildman–Crippen MR) is 53.5 cm³/mol. The fraction of sp³-hybridized carbons (Fsp3) is 0.300. The third-order valence-electron chi connectivity index (χ3n) is 1.71. The summed E-state index contributed by atoms with van der Waals surface area (Å²) in [6.45, 7) is 2.42. The van der Waals surface area contributed by atoms with Crippen molar-refractivity contribution in [2.45, 2.75) is 6.92 Å². The molecule has 0 fully saturated rings. The van der Waals surface area contributed by atoms with Crippen molar-refractivity contribution in [1.29, 1.82) is 0 Å². The summed E-state index contributed by atoms with van der Waals surface area (Å²) in [6, 6.07) is 5.38. The summed E-state index contributed by atoms with van der Waals surface area (Å²) in [5.41, 5.74) is 0.689. The molecule has 0 aromatic heterocycles. The molecule has 4 heteroatoms. The van der Waals surface area contributed by atoms with E-state index in [1.54, 1.807) is 25.3 Å². The van der Waals surface area contributed by atoms with E-state index in [2.05, 4.69) is 5.16 Å². The van der Waals surface area contributed by atoms with Crippen molar-refractivity contribution < 1.29 is 14.7 Å². The van der Waals surface area contributed by atoms with Crippen LogP contribution in [0, 0.1) is 0 Å². The molecule has 1 N–H and O–H groups in total. The average Bonchev–Trinajstić information content (AvgIpc) is 2.21. The number of hydrogen-bond acceptors (Lipinski definition) is 4. The summed E-state index contributed by atoms with van der Waals surface area (Å²) < 4.78 is 10.5. The van der Waals surface area contributed by atoms with Gasteiger partial charge in [0.05, 0.1) is 19.9 Å². The molecule has 1 aromatic carbocycles. The lowest BCUT2D eigenvalue weighted by molar-refractivity contribution is 0.308. The number of nitrogens with zero attached hydrogens (tertiary/aromatic N) is 1. The number of benzene rings is 1. The normalized spacial score (nSPS) is 10.4. The lowest BCUT2D eigenvalue weighted by Gasteiger charge is -2.10. The molecular formula is C10H13NO3. The van der Waals surface area contributed by atoms with Crippen molar-refractivity contribution in [3.8, 4) is 11.5 Å². The fourth-order valence-electron chi connectivity index (χ4n) is 1.16. The molecule has 0 atom stereocenters. The Labute approximate surface area is 82.8 Å². The highest BCUT2D eigenvalue weighted by Gasteiger charge is 2.07. The molecule has 76 valence electrons. The van der Waals surface area contributed by atoms with Gasteiger partial charge in [0.1, 0.15) is 0 Å². The molecule has 0 amide bonds. The highest BCUT2D eigenvalue weighted by atomic mass is 16.5. The maximum Gasteiger partial charge on any atom is 0.169 e. The molecule has 0 saturated heterocycles. The minimum absolute atomic E-state index is 0.534. The Bertz CT molecular complexity index is 323. The fourth-order valence-corrected chi connectivity index (χ4v) is 1.16. The van der Waals surface area contributed by atoms with Crippen LogP contribution in [0.4, 0.5) is 0 Å². The number of para-hydroxylation sites is 1. The molecule has 0 unspecified atom stereocenters. The summed E-state index contributed by atoms with van der Waals surface area (Å²) in [4.78, 5) is 0. The van der Waals surface area contributed by atoms with E-state index in [1.807, 2.05) is 6.92 Å². The van der Waals surface area contributed by atoms with Crippen molar-refractivity contribution in [1.82, 2.24) is 0 Å². The van der Waals surface area contributed by atoms with Gasteiger partial charge in [-0.1, -0.05) is 11.2 Å². The molecule has 0 heterocycles. The number of rotatable bonds is 4. The van der Waals surface area contributed by atoms with Crippen molar-refractivity contribution in [3.63, 3.8) is 0 Å². The summed E-state index contributed by atoms with van der Waals surface area (Å²) in [5.74, 6) is 1.22. The van der Waals surface area contributed by atoms with Crippen LogP contribution in [0.2, 0.25) is 0 Å². The largest absolute Gasteiger partial charge is 0.493 e. The van der Waals surface area contributed by atoms with Gasteiger partial charge < -0.3 is 14.7 Å². The molecule has 0 radical (unpaired) electrons. The van der Waals surface area contributed by atoms with Gasteiger partial charge in [-0.25, -0.2) is 0 Å². The van der Waals surface area contributed by atoms with Gasteiger partial charge in [-0.3, -0.25) is 0 Å². The molecular weight excluding hydrogens is 182 g/mol. The third-order valence-corrected chi connectivity index (χ3v) is 1.71. The number of oxime groups is 1. The minimum atomic E-state index is 0.534.